The first-order valence-electron chi connectivity index (χ1n) is 5.89. The number of H-pyrrole nitrogens is 1. The number of nitrogens with zero attached hydrogens (tertiary/aromatic N) is 2. The number of fused-ring (bicyclic) bond motifs is 1. The summed E-state index contributed by atoms with van der Waals surface area (Å²) in [5.74, 6) is 0. The summed E-state index contributed by atoms with van der Waals surface area (Å²) in [4.78, 5) is 2.14. The predicted molar refractivity (Wildman–Crippen MR) is 68.0 cm³/mol. The fourth-order valence-corrected chi connectivity index (χ4v) is 2.45. The van der Waals surface area contributed by atoms with E-state index in [-0.39, 0.29) is 6.10 Å². The van der Waals surface area contributed by atoms with E-state index in [0.717, 1.165) is 41.7 Å². The second-order valence-corrected chi connectivity index (χ2v) is 4.61. The van der Waals surface area contributed by atoms with Crippen molar-refractivity contribution in [3.8, 4) is 0 Å². The molecule has 1 aromatic carbocycles. The van der Waals surface area contributed by atoms with Gasteiger partial charge in [0, 0.05) is 18.5 Å². The van der Waals surface area contributed by atoms with Gasteiger partial charge in [0.2, 0.25) is 0 Å². The van der Waals surface area contributed by atoms with Gasteiger partial charge >= 0.3 is 0 Å². The van der Waals surface area contributed by atoms with Gasteiger partial charge in [-0.2, -0.15) is 5.10 Å². The van der Waals surface area contributed by atoms with Crippen LogP contribution >= 0.6 is 0 Å². The van der Waals surface area contributed by atoms with Crippen molar-refractivity contribution in [3.63, 3.8) is 0 Å². The number of aliphatic hydroxyl groups excluding tert-OH is 1. The van der Waals surface area contributed by atoms with Crippen LogP contribution in [0.2, 0.25) is 0 Å². The van der Waals surface area contributed by atoms with E-state index in [1.165, 1.54) is 0 Å². The minimum Gasteiger partial charge on any atom is -0.397 e. The van der Waals surface area contributed by atoms with E-state index >= 15 is 0 Å². The monoisotopic (exact) mass is 232 g/mol. The highest BCUT2D eigenvalue weighted by Gasteiger charge is 2.20. The van der Waals surface area contributed by atoms with Gasteiger partial charge < -0.3 is 15.7 Å². The summed E-state index contributed by atoms with van der Waals surface area (Å²) < 4.78 is 0. The average Bonchev–Trinajstić information content (AvgIpc) is 2.75. The van der Waals surface area contributed by atoms with Crippen LogP contribution < -0.4 is 10.6 Å². The molecule has 3 rings (SSSR count). The number of anilines is 2. The Morgan fingerprint density at radius 3 is 3.18 bits per heavy atom. The zero-order valence-corrected chi connectivity index (χ0v) is 9.56. The number of hydrogen-bond acceptors (Lipinski definition) is 4. The van der Waals surface area contributed by atoms with Crippen LogP contribution in [0.25, 0.3) is 10.9 Å². The molecule has 1 aliphatic rings. The van der Waals surface area contributed by atoms with Gasteiger partial charge in [-0.15, -0.1) is 0 Å². The maximum absolute atomic E-state index is 9.70. The van der Waals surface area contributed by atoms with Gasteiger partial charge in [0.1, 0.15) is 0 Å². The molecule has 4 N–H and O–H groups in total. The van der Waals surface area contributed by atoms with Crippen LogP contribution in [0.15, 0.2) is 18.3 Å². The Morgan fingerprint density at radius 1 is 1.47 bits per heavy atom. The van der Waals surface area contributed by atoms with Gasteiger partial charge in [0.25, 0.3) is 0 Å². The maximum atomic E-state index is 9.70. The van der Waals surface area contributed by atoms with E-state index in [1.54, 1.807) is 6.20 Å². The van der Waals surface area contributed by atoms with Crippen LogP contribution in [-0.4, -0.2) is 34.5 Å². The number of rotatable bonds is 1. The largest absolute Gasteiger partial charge is 0.397 e. The first-order valence-corrected chi connectivity index (χ1v) is 5.89. The van der Waals surface area contributed by atoms with Crippen molar-refractivity contribution in [3.05, 3.63) is 18.3 Å². The van der Waals surface area contributed by atoms with Crippen LogP contribution in [0.4, 0.5) is 11.4 Å². The van der Waals surface area contributed by atoms with Crippen molar-refractivity contribution < 1.29 is 5.11 Å². The Balaban J connectivity index is 2.00. The number of benzene rings is 1. The molecule has 0 aliphatic carbocycles. The Hall–Kier alpha value is -1.75. The van der Waals surface area contributed by atoms with Crippen molar-refractivity contribution in [2.24, 2.45) is 0 Å². The minimum atomic E-state index is -0.249. The molecule has 2 aromatic rings. The zero-order valence-electron chi connectivity index (χ0n) is 9.56. The molecule has 5 heteroatoms. The molecule has 1 fully saturated rings. The van der Waals surface area contributed by atoms with Gasteiger partial charge in [-0.05, 0) is 25.0 Å². The molecule has 0 radical (unpaired) electrons. The molecule has 90 valence electrons. The summed E-state index contributed by atoms with van der Waals surface area (Å²) >= 11 is 0. The lowest BCUT2D eigenvalue weighted by Crippen LogP contribution is -2.38. The number of nitrogens with two attached hydrogens (primary N) is 1. The molecule has 1 atom stereocenters. The molecule has 1 aromatic heterocycles. The molecule has 0 saturated carbocycles. The summed E-state index contributed by atoms with van der Waals surface area (Å²) in [7, 11) is 0. The van der Waals surface area contributed by atoms with E-state index in [0.29, 0.717) is 6.54 Å². The molecule has 1 unspecified atom stereocenters. The fraction of sp³-hybridized carbons (Fsp3) is 0.417. The van der Waals surface area contributed by atoms with Crippen molar-refractivity contribution >= 4 is 22.3 Å². The van der Waals surface area contributed by atoms with Crippen molar-refractivity contribution in [1.82, 2.24) is 10.2 Å². The van der Waals surface area contributed by atoms with Crippen LogP contribution in [0.3, 0.4) is 0 Å². The number of nitrogens with one attached hydrogen (secondary N) is 1. The van der Waals surface area contributed by atoms with E-state index in [1.807, 2.05) is 12.1 Å². The molecule has 1 saturated heterocycles. The summed E-state index contributed by atoms with van der Waals surface area (Å²) in [6, 6.07) is 3.94. The summed E-state index contributed by atoms with van der Waals surface area (Å²) in [5, 5.41) is 17.7. The van der Waals surface area contributed by atoms with E-state index in [4.69, 9.17) is 5.73 Å². The second-order valence-electron chi connectivity index (χ2n) is 4.61. The quantitative estimate of drug-likeness (QED) is 0.643. The zero-order chi connectivity index (χ0) is 11.8. The summed E-state index contributed by atoms with van der Waals surface area (Å²) in [6.45, 7) is 1.60. The van der Waals surface area contributed by atoms with Gasteiger partial charge in [-0.3, -0.25) is 5.10 Å². The van der Waals surface area contributed by atoms with E-state index < -0.39 is 0 Å². The predicted octanol–water partition coefficient (Wildman–Crippen LogP) is 1.11. The Morgan fingerprint density at radius 2 is 2.35 bits per heavy atom. The molecule has 1 aliphatic heterocycles. The van der Waals surface area contributed by atoms with Crippen LogP contribution in [-0.2, 0) is 0 Å². The number of nitrogen functional groups attached to an aromatic ring is 1. The average molecular weight is 232 g/mol. The lowest BCUT2D eigenvalue weighted by molar-refractivity contribution is 0.154. The second kappa shape index (κ2) is 3.92. The molecule has 2 heterocycles. The first kappa shape index (κ1) is 10.4. The number of hydrogen-bond donors (Lipinski definition) is 3. The maximum Gasteiger partial charge on any atom is 0.0715 e. The van der Waals surface area contributed by atoms with Gasteiger partial charge in [0.15, 0.2) is 0 Å². The first-order chi connectivity index (χ1) is 8.24. The third kappa shape index (κ3) is 1.82. The normalized spacial score (nSPS) is 21.0. The van der Waals surface area contributed by atoms with Gasteiger partial charge in [-0.1, -0.05) is 0 Å². The Labute approximate surface area is 99.2 Å². The molecule has 0 amide bonds. The third-order valence-electron chi connectivity index (χ3n) is 3.32. The van der Waals surface area contributed by atoms with Crippen molar-refractivity contribution in [2.45, 2.75) is 18.9 Å². The Kier molecular flexibility index (Phi) is 2.40. The number of aliphatic hydroxyl groups is 1. The van der Waals surface area contributed by atoms with Crippen molar-refractivity contribution in [1.29, 1.82) is 0 Å². The number of aromatic amines is 1. The standard InChI is InChI=1S/C12H16N4O/c13-10-4-8-6-14-15-11(8)5-12(10)16-3-1-2-9(17)7-16/h4-6,9,17H,1-3,7,13H2,(H,14,15). The Bertz CT molecular complexity index is 536. The SMILES string of the molecule is Nc1cc2cn[nH]c2cc1N1CCCC(O)C1. The third-order valence-corrected chi connectivity index (χ3v) is 3.32. The number of piperidine rings is 1. The highest BCUT2D eigenvalue weighted by atomic mass is 16.3. The minimum absolute atomic E-state index is 0.249. The molecule has 17 heavy (non-hydrogen) atoms. The van der Waals surface area contributed by atoms with E-state index in [9.17, 15) is 5.11 Å². The smallest absolute Gasteiger partial charge is 0.0715 e. The van der Waals surface area contributed by atoms with E-state index in [2.05, 4.69) is 15.1 Å². The van der Waals surface area contributed by atoms with Crippen LogP contribution in [0.5, 0.6) is 0 Å². The fourth-order valence-electron chi connectivity index (χ4n) is 2.45. The highest BCUT2D eigenvalue weighted by molar-refractivity contribution is 5.88. The number of β-amino-alcohol motifs (C(OH)–C–C–N with tert-alkyl or cyclic N) is 1. The van der Waals surface area contributed by atoms with Crippen molar-refractivity contribution in [2.75, 3.05) is 23.7 Å². The summed E-state index contributed by atoms with van der Waals surface area (Å²) in [5.41, 5.74) is 8.77. The summed E-state index contributed by atoms with van der Waals surface area (Å²) in [6.07, 6.45) is 3.39. The molecule has 0 spiro atoms. The molecule has 0 bridgehead atoms. The van der Waals surface area contributed by atoms with Gasteiger partial charge in [0.05, 0.1) is 29.2 Å². The number of aromatic nitrogens is 2. The lowest BCUT2D eigenvalue weighted by atomic mass is 10.1. The highest BCUT2D eigenvalue weighted by Crippen LogP contribution is 2.30. The molecular weight excluding hydrogens is 216 g/mol. The van der Waals surface area contributed by atoms with Gasteiger partial charge in [-0.25, -0.2) is 0 Å². The molecular formula is C12H16N4O. The van der Waals surface area contributed by atoms with Crippen LogP contribution in [0.1, 0.15) is 12.8 Å². The lowest BCUT2D eigenvalue weighted by Gasteiger charge is -2.32. The van der Waals surface area contributed by atoms with Crippen LogP contribution in [0, 0.1) is 0 Å². The molecule has 5 nitrogen and oxygen atoms in total. The topological polar surface area (TPSA) is 78.2 Å².